The second-order valence-corrected chi connectivity index (χ2v) is 9.51. The van der Waals surface area contributed by atoms with Crippen molar-refractivity contribution in [2.24, 2.45) is 5.92 Å². The molecular weight excluding hydrogens is 480 g/mol. The number of benzene rings is 2. The van der Waals surface area contributed by atoms with E-state index in [1.165, 1.54) is 16.4 Å². The minimum Gasteiger partial charge on any atom is -0.423 e. The van der Waals surface area contributed by atoms with Gasteiger partial charge in [-0.1, -0.05) is 27.5 Å². The van der Waals surface area contributed by atoms with Crippen molar-refractivity contribution in [1.29, 1.82) is 0 Å². The predicted molar refractivity (Wildman–Crippen MR) is 103 cm³/mol. The zero-order chi connectivity index (χ0) is 20.5. The fourth-order valence-corrected chi connectivity index (χ4v) is 4.94. The summed E-state index contributed by atoms with van der Waals surface area (Å²) in [5, 5.41) is -0.281. The van der Waals surface area contributed by atoms with Gasteiger partial charge in [0.2, 0.25) is 10.0 Å². The van der Waals surface area contributed by atoms with Crippen LogP contribution >= 0.6 is 27.5 Å². The Kier molecular flexibility index (Phi) is 6.38. The standard InChI is InChI=1S/C18H15BrClF2NO4S/c19-12-1-4-17(16(22)9-12)27-18(24)11-5-7-23(8-6-11)28(25,26)13-2-3-15(21)14(20)10-13/h1-4,9-11H,5-8H2. The molecule has 0 aliphatic carbocycles. The normalized spacial score (nSPS) is 16.1. The lowest BCUT2D eigenvalue weighted by Crippen LogP contribution is -2.41. The van der Waals surface area contributed by atoms with Crippen LogP contribution in [0.15, 0.2) is 45.8 Å². The number of ether oxygens (including phenoxy) is 1. The first kappa shape index (κ1) is 21.2. The highest BCUT2D eigenvalue weighted by Crippen LogP contribution is 2.28. The number of nitrogens with zero attached hydrogens (tertiary/aromatic N) is 1. The van der Waals surface area contributed by atoms with E-state index in [0.29, 0.717) is 4.47 Å². The summed E-state index contributed by atoms with van der Waals surface area (Å²) >= 11 is 8.79. The summed E-state index contributed by atoms with van der Waals surface area (Å²) in [6.45, 7) is 0.166. The van der Waals surface area contributed by atoms with Gasteiger partial charge in [-0.3, -0.25) is 4.79 Å². The van der Waals surface area contributed by atoms with Gasteiger partial charge in [-0.2, -0.15) is 4.31 Å². The molecule has 1 heterocycles. The Morgan fingerprint density at radius 1 is 1.11 bits per heavy atom. The molecule has 0 atom stereocenters. The number of piperidine rings is 1. The van der Waals surface area contributed by atoms with Crippen LogP contribution < -0.4 is 4.74 Å². The summed E-state index contributed by atoms with van der Waals surface area (Å²) in [7, 11) is -3.86. The Labute approximate surface area is 174 Å². The van der Waals surface area contributed by atoms with Crippen LogP contribution in [0.1, 0.15) is 12.8 Å². The first-order chi connectivity index (χ1) is 13.2. The Bertz CT molecular complexity index is 1010. The summed E-state index contributed by atoms with van der Waals surface area (Å²) in [4.78, 5) is 12.2. The number of carbonyl (C=O) groups is 1. The van der Waals surface area contributed by atoms with Crippen molar-refractivity contribution in [2.45, 2.75) is 17.7 Å². The second kappa shape index (κ2) is 8.44. The van der Waals surface area contributed by atoms with E-state index in [9.17, 15) is 22.0 Å². The molecule has 0 N–H and O–H groups in total. The van der Waals surface area contributed by atoms with Gasteiger partial charge in [0, 0.05) is 17.6 Å². The van der Waals surface area contributed by atoms with Crippen molar-refractivity contribution in [2.75, 3.05) is 13.1 Å². The van der Waals surface area contributed by atoms with Crippen molar-refractivity contribution in [3.8, 4) is 5.75 Å². The van der Waals surface area contributed by atoms with Crippen LogP contribution in [0.25, 0.3) is 0 Å². The van der Waals surface area contributed by atoms with Crippen LogP contribution in [0.5, 0.6) is 5.75 Å². The highest BCUT2D eigenvalue weighted by molar-refractivity contribution is 9.10. The van der Waals surface area contributed by atoms with Crippen molar-refractivity contribution in [1.82, 2.24) is 4.31 Å². The highest BCUT2D eigenvalue weighted by Gasteiger charge is 2.33. The summed E-state index contributed by atoms with van der Waals surface area (Å²) in [6.07, 6.45) is 0.455. The summed E-state index contributed by atoms with van der Waals surface area (Å²) < 4.78 is 59.3. The smallest absolute Gasteiger partial charge is 0.314 e. The molecule has 2 aromatic rings. The summed E-state index contributed by atoms with van der Waals surface area (Å²) in [5.74, 6) is -2.71. The molecule has 1 fully saturated rings. The third-order valence-corrected chi connectivity index (χ3v) is 7.10. The first-order valence-corrected chi connectivity index (χ1v) is 10.9. The number of carbonyl (C=O) groups excluding carboxylic acids is 1. The third-order valence-electron chi connectivity index (χ3n) is 4.42. The third kappa shape index (κ3) is 4.53. The molecule has 150 valence electrons. The van der Waals surface area contributed by atoms with Gasteiger partial charge in [0.05, 0.1) is 15.8 Å². The Morgan fingerprint density at radius 3 is 2.39 bits per heavy atom. The summed E-state index contributed by atoms with van der Waals surface area (Å²) in [5.41, 5.74) is 0. The van der Waals surface area contributed by atoms with E-state index in [-0.39, 0.29) is 41.6 Å². The van der Waals surface area contributed by atoms with E-state index in [1.807, 2.05) is 0 Å². The molecule has 0 saturated carbocycles. The number of halogens is 4. The summed E-state index contributed by atoms with van der Waals surface area (Å²) in [6, 6.07) is 7.28. The molecule has 3 rings (SSSR count). The van der Waals surface area contributed by atoms with Gasteiger partial charge < -0.3 is 4.74 Å². The van der Waals surface area contributed by atoms with E-state index in [2.05, 4.69) is 15.9 Å². The van der Waals surface area contributed by atoms with Crippen LogP contribution in [0.3, 0.4) is 0 Å². The number of hydrogen-bond acceptors (Lipinski definition) is 4. The predicted octanol–water partition coefficient (Wildman–Crippen LogP) is 4.39. The highest BCUT2D eigenvalue weighted by atomic mass is 79.9. The zero-order valence-electron chi connectivity index (χ0n) is 14.4. The Hall–Kier alpha value is -1.55. The molecule has 0 radical (unpaired) electrons. The van der Waals surface area contributed by atoms with E-state index < -0.39 is 33.5 Å². The maximum atomic E-state index is 13.8. The van der Waals surface area contributed by atoms with E-state index in [0.717, 1.165) is 18.2 Å². The molecular formula is C18H15BrClF2NO4S. The minimum absolute atomic E-state index is 0.0832. The molecule has 0 amide bonds. The topological polar surface area (TPSA) is 63.7 Å². The van der Waals surface area contributed by atoms with Crippen LogP contribution in [0.4, 0.5) is 8.78 Å². The molecule has 1 aliphatic heterocycles. The number of hydrogen-bond donors (Lipinski definition) is 0. The molecule has 0 spiro atoms. The maximum absolute atomic E-state index is 13.8. The lowest BCUT2D eigenvalue weighted by atomic mass is 9.98. The molecule has 0 unspecified atom stereocenters. The Morgan fingerprint density at radius 2 is 1.79 bits per heavy atom. The molecule has 0 aromatic heterocycles. The van der Waals surface area contributed by atoms with Gasteiger partial charge >= 0.3 is 5.97 Å². The van der Waals surface area contributed by atoms with Gasteiger partial charge in [0.1, 0.15) is 5.82 Å². The van der Waals surface area contributed by atoms with Crippen molar-refractivity contribution in [3.05, 3.63) is 57.5 Å². The number of esters is 1. The minimum atomic E-state index is -3.86. The van der Waals surface area contributed by atoms with Gasteiger partial charge in [-0.15, -0.1) is 0 Å². The van der Waals surface area contributed by atoms with Crippen molar-refractivity contribution >= 4 is 43.5 Å². The van der Waals surface area contributed by atoms with Crippen LogP contribution in [0, 0.1) is 17.6 Å². The van der Waals surface area contributed by atoms with E-state index in [4.69, 9.17) is 16.3 Å². The molecule has 0 bridgehead atoms. The fraction of sp³-hybridized carbons (Fsp3) is 0.278. The lowest BCUT2D eigenvalue weighted by Gasteiger charge is -2.30. The lowest BCUT2D eigenvalue weighted by molar-refractivity contribution is -0.140. The number of sulfonamides is 1. The van der Waals surface area contributed by atoms with Crippen molar-refractivity contribution in [3.63, 3.8) is 0 Å². The molecule has 28 heavy (non-hydrogen) atoms. The molecule has 5 nitrogen and oxygen atoms in total. The van der Waals surface area contributed by atoms with Gasteiger partial charge in [-0.25, -0.2) is 17.2 Å². The van der Waals surface area contributed by atoms with Crippen LogP contribution in [-0.2, 0) is 14.8 Å². The maximum Gasteiger partial charge on any atom is 0.314 e. The monoisotopic (exact) mass is 493 g/mol. The van der Waals surface area contributed by atoms with E-state index >= 15 is 0 Å². The quantitative estimate of drug-likeness (QED) is 0.467. The largest absolute Gasteiger partial charge is 0.423 e. The molecule has 1 saturated heterocycles. The molecule has 1 aliphatic rings. The average molecular weight is 495 g/mol. The number of rotatable bonds is 4. The average Bonchev–Trinajstić information content (AvgIpc) is 2.66. The van der Waals surface area contributed by atoms with E-state index in [1.54, 1.807) is 6.07 Å². The van der Waals surface area contributed by atoms with Crippen molar-refractivity contribution < 1.29 is 26.7 Å². The first-order valence-electron chi connectivity index (χ1n) is 8.30. The van der Waals surface area contributed by atoms with Gasteiger partial charge in [0.15, 0.2) is 11.6 Å². The fourth-order valence-electron chi connectivity index (χ4n) is 2.87. The van der Waals surface area contributed by atoms with Crippen LogP contribution in [-0.4, -0.2) is 31.8 Å². The zero-order valence-corrected chi connectivity index (χ0v) is 17.5. The van der Waals surface area contributed by atoms with Gasteiger partial charge in [0.25, 0.3) is 0 Å². The van der Waals surface area contributed by atoms with Gasteiger partial charge in [-0.05, 0) is 49.2 Å². The molecule has 10 heteroatoms. The van der Waals surface area contributed by atoms with Crippen LogP contribution in [0.2, 0.25) is 5.02 Å². The SMILES string of the molecule is O=C(Oc1ccc(Br)cc1F)C1CCN(S(=O)(=O)c2ccc(F)c(Cl)c2)CC1. The molecule has 2 aromatic carbocycles. The Balaban J connectivity index is 1.64. The second-order valence-electron chi connectivity index (χ2n) is 6.25.